The number of hydroxylamine groups is 2. The number of fused-ring (bicyclic) bond motifs is 1. The molecule has 8 nitrogen and oxygen atoms in total. The van der Waals surface area contributed by atoms with Crippen molar-refractivity contribution in [2.24, 2.45) is 11.7 Å². The van der Waals surface area contributed by atoms with Gasteiger partial charge in [-0.05, 0) is 30.7 Å². The smallest absolute Gasteiger partial charge is 0.254 e. The van der Waals surface area contributed by atoms with Crippen molar-refractivity contribution in [1.82, 2.24) is 5.06 Å². The van der Waals surface area contributed by atoms with E-state index in [0.29, 0.717) is 21.5 Å². The zero-order chi connectivity index (χ0) is 18.1. The first-order valence-electron chi connectivity index (χ1n) is 8.09. The maximum Gasteiger partial charge on any atom is 0.254 e. The van der Waals surface area contributed by atoms with Gasteiger partial charge in [-0.25, -0.2) is 0 Å². The van der Waals surface area contributed by atoms with Crippen LogP contribution in [0.2, 0.25) is 0 Å². The van der Waals surface area contributed by atoms with Crippen molar-refractivity contribution in [1.29, 1.82) is 0 Å². The maximum absolute atomic E-state index is 12.1. The zero-order valence-electron chi connectivity index (χ0n) is 13.8. The Morgan fingerprint density at radius 1 is 1.28 bits per heavy atom. The third-order valence-corrected chi connectivity index (χ3v) is 5.51. The second-order valence-electron chi connectivity index (χ2n) is 6.32. The van der Waals surface area contributed by atoms with Crippen molar-refractivity contribution < 1.29 is 24.0 Å². The molecule has 2 aliphatic rings. The van der Waals surface area contributed by atoms with Crippen LogP contribution >= 0.6 is 11.3 Å². The Hall–Kier alpha value is -2.26. The summed E-state index contributed by atoms with van der Waals surface area (Å²) in [6.45, 7) is 1.65. The van der Waals surface area contributed by atoms with Crippen LogP contribution < -0.4 is 11.1 Å². The predicted octanol–water partition coefficient (Wildman–Crippen LogP) is 0.991. The van der Waals surface area contributed by atoms with Gasteiger partial charge in [-0.3, -0.25) is 24.0 Å². The van der Waals surface area contributed by atoms with Gasteiger partial charge >= 0.3 is 0 Å². The van der Waals surface area contributed by atoms with Gasteiger partial charge in [0.1, 0.15) is 5.00 Å². The highest BCUT2D eigenvalue weighted by Crippen LogP contribution is 2.39. The molecule has 1 aliphatic carbocycles. The molecule has 0 saturated carbocycles. The maximum atomic E-state index is 12.1. The third-order valence-electron chi connectivity index (χ3n) is 4.34. The third kappa shape index (κ3) is 3.57. The lowest BCUT2D eigenvalue weighted by atomic mass is 9.88. The summed E-state index contributed by atoms with van der Waals surface area (Å²) in [7, 11) is 0. The SMILES string of the molecule is CC1CCc2c(sc(NC(=O)CON3C(=O)CCC3=O)c2C(N)=O)C1. The minimum Gasteiger partial charge on any atom is -0.365 e. The minimum absolute atomic E-state index is 0.0854. The summed E-state index contributed by atoms with van der Waals surface area (Å²) < 4.78 is 0. The molecule has 2 heterocycles. The number of amides is 4. The van der Waals surface area contributed by atoms with Crippen molar-refractivity contribution in [3.05, 3.63) is 16.0 Å². The fourth-order valence-corrected chi connectivity index (χ4v) is 4.52. The van der Waals surface area contributed by atoms with E-state index in [2.05, 4.69) is 12.2 Å². The number of imide groups is 1. The van der Waals surface area contributed by atoms with Crippen molar-refractivity contribution in [3.63, 3.8) is 0 Å². The van der Waals surface area contributed by atoms with Crippen LogP contribution in [-0.4, -0.2) is 35.3 Å². The molecule has 0 radical (unpaired) electrons. The van der Waals surface area contributed by atoms with E-state index in [4.69, 9.17) is 10.6 Å². The van der Waals surface area contributed by atoms with Crippen LogP contribution in [0, 0.1) is 5.92 Å². The van der Waals surface area contributed by atoms with Crippen LogP contribution in [-0.2, 0) is 32.1 Å². The number of nitrogens with one attached hydrogen (secondary N) is 1. The van der Waals surface area contributed by atoms with E-state index in [1.807, 2.05) is 0 Å². The van der Waals surface area contributed by atoms with E-state index in [1.54, 1.807) is 0 Å². The highest BCUT2D eigenvalue weighted by molar-refractivity contribution is 7.17. The Kier molecular flexibility index (Phi) is 4.87. The van der Waals surface area contributed by atoms with Gasteiger partial charge in [-0.15, -0.1) is 11.3 Å². The number of nitrogens with zero attached hydrogens (tertiary/aromatic N) is 1. The van der Waals surface area contributed by atoms with Gasteiger partial charge in [0.05, 0.1) is 5.56 Å². The first kappa shape index (κ1) is 17.6. The first-order chi connectivity index (χ1) is 11.9. The van der Waals surface area contributed by atoms with Crippen LogP contribution in [0.4, 0.5) is 5.00 Å². The second-order valence-corrected chi connectivity index (χ2v) is 7.43. The number of carbonyl (C=O) groups is 4. The van der Waals surface area contributed by atoms with E-state index in [-0.39, 0.29) is 12.8 Å². The molecular formula is C16H19N3O5S. The fraction of sp³-hybridized carbons (Fsp3) is 0.500. The summed E-state index contributed by atoms with van der Waals surface area (Å²) in [4.78, 5) is 52.9. The average Bonchev–Trinajstić information content (AvgIpc) is 3.04. The van der Waals surface area contributed by atoms with Crippen molar-refractivity contribution >= 4 is 40.0 Å². The van der Waals surface area contributed by atoms with Crippen LogP contribution in [0.5, 0.6) is 0 Å². The van der Waals surface area contributed by atoms with E-state index in [1.165, 1.54) is 11.3 Å². The van der Waals surface area contributed by atoms with Gasteiger partial charge in [-0.1, -0.05) is 6.92 Å². The molecule has 1 saturated heterocycles. The molecule has 3 N–H and O–H groups in total. The molecule has 25 heavy (non-hydrogen) atoms. The molecule has 3 rings (SSSR count). The van der Waals surface area contributed by atoms with E-state index in [0.717, 1.165) is 29.7 Å². The topological polar surface area (TPSA) is 119 Å². The summed E-state index contributed by atoms with van der Waals surface area (Å²) in [6, 6.07) is 0. The van der Waals surface area contributed by atoms with Crippen LogP contribution in [0.25, 0.3) is 0 Å². The number of nitrogens with two attached hydrogens (primary N) is 1. The quantitative estimate of drug-likeness (QED) is 0.754. The number of primary amides is 1. The Morgan fingerprint density at radius 2 is 1.96 bits per heavy atom. The monoisotopic (exact) mass is 365 g/mol. The lowest BCUT2D eigenvalue weighted by molar-refractivity contribution is -0.187. The second kappa shape index (κ2) is 6.93. The van der Waals surface area contributed by atoms with E-state index < -0.39 is 30.2 Å². The van der Waals surface area contributed by atoms with E-state index in [9.17, 15) is 19.2 Å². The fourth-order valence-electron chi connectivity index (χ4n) is 3.09. The molecule has 1 aliphatic heterocycles. The van der Waals surface area contributed by atoms with Gasteiger partial charge in [0, 0.05) is 17.7 Å². The molecule has 1 aromatic heterocycles. The molecule has 0 aromatic carbocycles. The highest BCUT2D eigenvalue weighted by Gasteiger charge is 2.31. The Morgan fingerprint density at radius 3 is 2.60 bits per heavy atom. The number of carbonyl (C=O) groups excluding carboxylic acids is 4. The largest absolute Gasteiger partial charge is 0.365 e. The van der Waals surface area contributed by atoms with E-state index >= 15 is 0 Å². The molecule has 9 heteroatoms. The Labute approximate surface area is 148 Å². The highest BCUT2D eigenvalue weighted by atomic mass is 32.1. The normalized spacial score (nSPS) is 19.9. The number of hydrogen-bond donors (Lipinski definition) is 2. The predicted molar refractivity (Wildman–Crippen MR) is 89.7 cm³/mol. The van der Waals surface area contributed by atoms with Gasteiger partial charge in [0.15, 0.2) is 6.61 Å². The number of anilines is 1. The van der Waals surface area contributed by atoms with Gasteiger partial charge in [0.2, 0.25) is 0 Å². The molecule has 1 fully saturated rings. The van der Waals surface area contributed by atoms with Crippen molar-refractivity contribution in [3.8, 4) is 0 Å². The molecule has 0 bridgehead atoms. The van der Waals surface area contributed by atoms with Gasteiger partial charge < -0.3 is 11.1 Å². The van der Waals surface area contributed by atoms with Crippen LogP contribution in [0.3, 0.4) is 0 Å². The number of hydrogen-bond acceptors (Lipinski definition) is 6. The molecule has 1 aromatic rings. The summed E-state index contributed by atoms with van der Waals surface area (Å²) in [6.07, 6.45) is 2.75. The lowest BCUT2D eigenvalue weighted by Gasteiger charge is -2.18. The zero-order valence-corrected chi connectivity index (χ0v) is 14.6. The standard InChI is InChI=1S/C16H19N3O5S/c1-8-2-3-9-10(6-8)25-16(14(9)15(17)23)18-11(20)7-24-19-12(21)4-5-13(19)22/h8H,2-7H2,1H3,(H2,17,23)(H,18,20). The molecule has 0 spiro atoms. The summed E-state index contributed by atoms with van der Waals surface area (Å²) >= 11 is 1.35. The first-order valence-corrected chi connectivity index (χ1v) is 8.91. The molecular weight excluding hydrogens is 346 g/mol. The minimum atomic E-state index is -0.576. The summed E-state index contributed by atoms with van der Waals surface area (Å²) in [5.74, 6) is -1.53. The Balaban J connectivity index is 1.70. The lowest BCUT2D eigenvalue weighted by Crippen LogP contribution is -2.33. The van der Waals surface area contributed by atoms with Crippen LogP contribution in [0.15, 0.2) is 0 Å². The van der Waals surface area contributed by atoms with Crippen molar-refractivity contribution in [2.45, 2.75) is 39.0 Å². The van der Waals surface area contributed by atoms with Crippen LogP contribution in [0.1, 0.15) is 47.0 Å². The molecule has 4 amide bonds. The molecule has 1 atom stereocenters. The summed E-state index contributed by atoms with van der Waals surface area (Å²) in [5.41, 5.74) is 6.76. The van der Waals surface area contributed by atoms with Crippen molar-refractivity contribution in [2.75, 3.05) is 11.9 Å². The molecule has 1 unspecified atom stereocenters. The summed E-state index contributed by atoms with van der Waals surface area (Å²) in [5, 5.41) is 3.64. The van der Waals surface area contributed by atoms with Gasteiger partial charge in [0.25, 0.3) is 23.6 Å². The Bertz CT molecular complexity index is 741. The van der Waals surface area contributed by atoms with Gasteiger partial charge in [-0.2, -0.15) is 5.06 Å². The number of thiophene rings is 1. The molecule has 134 valence electrons. The average molecular weight is 365 g/mol. The number of rotatable bonds is 5.